The van der Waals surface area contributed by atoms with Gasteiger partial charge in [-0.1, -0.05) is 0 Å². The van der Waals surface area contributed by atoms with E-state index in [4.69, 9.17) is 5.73 Å². The quantitative estimate of drug-likeness (QED) is 0.714. The van der Waals surface area contributed by atoms with Crippen molar-refractivity contribution >= 4 is 15.9 Å². The third kappa shape index (κ3) is 1.69. The summed E-state index contributed by atoms with van der Waals surface area (Å²) in [6, 6.07) is -0.742. The molecule has 2 heterocycles. The number of aromatic nitrogens is 2. The number of nitrogens with two attached hydrogens (primary N) is 1. The lowest BCUT2D eigenvalue weighted by atomic mass is 10.2. The van der Waals surface area contributed by atoms with Crippen molar-refractivity contribution in [2.45, 2.75) is 23.9 Å². The number of aromatic amines is 1. The fraction of sp³-hybridized carbons (Fsp3) is 0.500. The number of hydrogen-bond donors (Lipinski definition) is 2. The summed E-state index contributed by atoms with van der Waals surface area (Å²) in [4.78, 5) is 17.3. The average molecular weight is 244 g/mol. The maximum atomic E-state index is 12.1. The molecule has 0 spiro atoms. The van der Waals surface area contributed by atoms with Gasteiger partial charge in [0.2, 0.25) is 5.91 Å². The molecule has 1 aromatic heterocycles. The minimum absolute atomic E-state index is 0.0133. The highest BCUT2D eigenvalue weighted by atomic mass is 32.2. The molecule has 1 unspecified atom stereocenters. The number of sulfonamides is 1. The number of primary amides is 1. The van der Waals surface area contributed by atoms with Crippen LogP contribution in [0.5, 0.6) is 0 Å². The number of imidazole rings is 1. The van der Waals surface area contributed by atoms with E-state index in [1.807, 2.05) is 0 Å². The monoisotopic (exact) mass is 244 g/mol. The van der Waals surface area contributed by atoms with Crippen LogP contribution in [0.25, 0.3) is 0 Å². The van der Waals surface area contributed by atoms with Gasteiger partial charge in [0.05, 0.1) is 12.5 Å². The highest BCUT2D eigenvalue weighted by Crippen LogP contribution is 2.24. The van der Waals surface area contributed by atoms with Crippen molar-refractivity contribution in [3.8, 4) is 0 Å². The number of carbonyl (C=O) groups is 1. The van der Waals surface area contributed by atoms with E-state index in [2.05, 4.69) is 9.97 Å². The molecule has 1 aromatic rings. The fourth-order valence-corrected chi connectivity index (χ4v) is 3.38. The van der Waals surface area contributed by atoms with E-state index in [1.54, 1.807) is 0 Å². The van der Waals surface area contributed by atoms with Crippen molar-refractivity contribution in [1.29, 1.82) is 0 Å². The Bertz CT molecular complexity index is 481. The molecule has 2 rings (SSSR count). The Kier molecular flexibility index (Phi) is 2.68. The van der Waals surface area contributed by atoms with Crippen LogP contribution in [0, 0.1) is 0 Å². The van der Waals surface area contributed by atoms with Gasteiger partial charge in [0.1, 0.15) is 6.04 Å². The molecule has 0 aromatic carbocycles. The Morgan fingerprint density at radius 3 is 2.94 bits per heavy atom. The predicted octanol–water partition coefficient (Wildman–Crippen LogP) is -0.952. The molecule has 1 atom stereocenters. The normalized spacial score (nSPS) is 22.4. The predicted molar refractivity (Wildman–Crippen MR) is 54.7 cm³/mol. The van der Waals surface area contributed by atoms with Gasteiger partial charge in [-0.05, 0) is 12.8 Å². The van der Waals surface area contributed by atoms with E-state index in [0.717, 1.165) is 4.31 Å². The third-order valence-electron chi connectivity index (χ3n) is 2.59. The van der Waals surface area contributed by atoms with Crippen molar-refractivity contribution in [2.24, 2.45) is 5.73 Å². The lowest BCUT2D eigenvalue weighted by molar-refractivity contribution is -0.121. The van der Waals surface area contributed by atoms with Crippen LogP contribution in [-0.4, -0.2) is 41.2 Å². The number of H-pyrrole nitrogens is 1. The standard InChI is InChI=1S/C8H12N4O3S/c9-8(13)6-2-1-3-12(6)16(14,15)7-4-10-5-11-7/h4-6H,1-3H2,(H2,9,13)(H,10,11). The molecular formula is C8H12N4O3S. The molecule has 88 valence electrons. The molecule has 3 N–H and O–H groups in total. The Hall–Kier alpha value is -1.41. The van der Waals surface area contributed by atoms with E-state index in [0.29, 0.717) is 19.4 Å². The Labute approximate surface area is 92.7 Å². The second kappa shape index (κ2) is 3.87. The number of hydrogen-bond acceptors (Lipinski definition) is 4. The molecule has 7 nitrogen and oxygen atoms in total. The lowest BCUT2D eigenvalue weighted by Crippen LogP contribution is -2.43. The molecule has 1 amide bonds. The second-order valence-electron chi connectivity index (χ2n) is 3.59. The van der Waals surface area contributed by atoms with Crippen molar-refractivity contribution in [3.63, 3.8) is 0 Å². The topological polar surface area (TPSA) is 109 Å². The molecule has 1 fully saturated rings. The summed E-state index contributed by atoms with van der Waals surface area (Å²) >= 11 is 0. The Morgan fingerprint density at radius 1 is 1.62 bits per heavy atom. The maximum absolute atomic E-state index is 12.1. The third-order valence-corrected chi connectivity index (χ3v) is 4.43. The van der Waals surface area contributed by atoms with E-state index in [-0.39, 0.29) is 5.03 Å². The number of carbonyl (C=O) groups excluding carboxylic acids is 1. The van der Waals surface area contributed by atoms with Gasteiger partial charge in [-0.25, -0.2) is 13.4 Å². The van der Waals surface area contributed by atoms with Crippen LogP contribution in [-0.2, 0) is 14.8 Å². The number of nitrogens with zero attached hydrogens (tertiary/aromatic N) is 2. The van der Waals surface area contributed by atoms with Gasteiger partial charge in [-0.15, -0.1) is 0 Å². The summed E-state index contributed by atoms with van der Waals surface area (Å²) in [6.45, 7) is 0.314. The van der Waals surface area contributed by atoms with E-state index in [1.165, 1.54) is 12.5 Å². The molecule has 1 aliphatic rings. The van der Waals surface area contributed by atoms with Crippen LogP contribution in [0.4, 0.5) is 0 Å². The van der Waals surface area contributed by atoms with E-state index in [9.17, 15) is 13.2 Å². The van der Waals surface area contributed by atoms with Crippen LogP contribution in [0.2, 0.25) is 0 Å². The molecule has 8 heteroatoms. The highest BCUT2D eigenvalue weighted by Gasteiger charge is 2.38. The average Bonchev–Trinajstić information content (AvgIpc) is 2.89. The summed E-state index contributed by atoms with van der Waals surface area (Å²) in [5, 5.41) is -0.0133. The first-order valence-electron chi connectivity index (χ1n) is 4.83. The minimum Gasteiger partial charge on any atom is -0.368 e. The SMILES string of the molecule is NC(=O)C1CCCN1S(=O)(=O)c1cnc[nH]1. The molecular weight excluding hydrogens is 232 g/mol. The van der Waals surface area contributed by atoms with Gasteiger partial charge in [0, 0.05) is 6.54 Å². The molecule has 1 aliphatic heterocycles. The Balaban J connectivity index is 2.34. The van der Waals surface area contributed by atoms with Crippen LogP contribution in [0.15, 0.2) is 17.6 Å². The summed E-state index contributed by atoms with van der Waals surface area (Å²) in [5.74, 6) is -0.611. The molecule has 1 saturated heterocycles. The zero-order valence-corrected chi connectivity index (χ0v) is 9.27. The summed E-state index contributed by atoms with van der Waals surface area (Å²) in [5.41, 5.74) is 5.17. The maximum Gasteiger partial charge on any atom is 0.260 e. The van der Waals surface area contributed by atoms with Gasteiger partial charge in [0.15, 0.2) is 5.03 Å². The highest BCUT2D eigenvalue weighted by molar-refractivity contribution is 7.89. The Morgan fingerprint density at radius 2 is 2.38 bits per heavy atom. The van der Waals surface area contributed by atoms with Crippen molar-refractivity contribution in [1.82, 2.24) is 14.3 Å². The van der Waals surface area contributed by atoms with Crippen molar-refractivity contribution in [3.05, 3.63) is 12.5 Å². The van der Waals surface area contributed by atoms with Gasteiger partial charge in [0.25, 0.3) is 10.0 Å². The fourth-order valence-electron chi connectivity index (χ4n) is 1.82. The lowest BCUT2D eigenvalue weighted by Gasteiger charge is -2.20. The van der Waals surface area contributed by atoms with Crippen LogP contribution in [0.3, 0.4) is 0 Å². The van der Waals surface area contributed by atoms with E-state index >= 15 is 0 Å². The first-order valence-corrected chi connectivity index (χ1v) is 6.27. The van der Waals surface area contributed by atoms with Crippen molar-refractivity contribution in [2.75, 3.05) is 6.54 Å². The minimum atomic E-state index is -3.68. The molecule has 0 aliphatic carbocycles. The van der Waals surface area contributed by atoms with Crippen molar-refractivity contribution < 1.29 is 13.2 Å². The summed E-state index contributed by atoms with van der Waals surface area (Å²) < 4.78 is 25.2. The largest absolute Gasteiger partial charge is 0.368 e. The molecule has 16 heavy (non-hydrogen) atoms. The van der Waals surface area contributed by atoms with Gasteiger partial charge in [-0.2, -0.15) is 4.31 Å². The van der Waals surface area contributed by atoms with Gasteiger partial charge < -0.3 is 10.7 Å². The molecule has 0 saturated carbocycles. The number of amides is 1. The zero-order chi connectivity index (χ0) is 11.8. The van der Waals surface area contributed by atoms with Crippen LogP contribution >= 0.6 is 0 Å². The number of nitrogens with one attached hydrogen (secondary N) is 1. The van der Waals surface area contributed by atoms with E-state index < -0.39 is 22.0 Å². The number of rotatable bonds is 3. The smallest absolute Gasteiger partial charge is 0.260 e. The van der Waals surface area contributed by atoms with Gasteiger partial charge >= 0.3 is 0 Å². The van der Waals surface area contributed by atoms with Crippen LogP contribution < -0.4 is 5.73 Å². The van der Waals surface area contributed by atoms with Crippen LogP contribution in [0.1, 0.15) is 12.8 Å². The second-order valence-corrected chi connectivity index (χ2v) is 5.45. The molecule has 0 bridgehead atoms. The first kappa shape index (κ1) is 11.1. The first-order chi connectivity index (χ1) is 7.53. The summed E-state index contributed by atoms with van der Waals surface area (Å²) in [6.07, 6.45) is 3.61. The van der Waals surface area contributed by atoms with Gasteiger partial charge in [-0.3, -0.25) is 4.79 Å². The molecule has 0 radical (unpaired) electrons. The zero-order valence-electron chi connectivity index (χ0n) is 8.46. The summed E-state index contributed by atoms with van der Waals surface area (Å²) in [7, 11) is -3.68.